The molecule has 0 aromatic heterocycles. The van der Waals surface area contributed by atoms with Crippen molar-refractivity contribution in [1.29, 1.82) is 0 Å². The third-order valence-corrected chi connectivity index (χ3v) is 5.29. The molecule has 7 heteroatoms. The Bertz CT molecular complexity index is 595. The van der Waals surface area contributed by atoms with E-state index in [4.69, 9.17) is 9.47 Å². The average Bonchev–Trinajstić information content (AvgIpc) is 2.45. The summed E-state index contributed by atoms with van der Waals surface area (Å²) in [5, 5.41) is 0. The van der Waals surface area contributed by atoms with Gasteiger partial charge in [-0.25, -0.2) is 0 Å². The van der Waals surface area contributed by atoms with Crippen LogP contribution in [0.1, 0.15) is 32.4 Å². The molecule has 124 valence electrons. The molecule has 0 spiro atoms. The van der Waals surface area contributed by atoms with Crippen LogP contribution in [0.2, 0.25) is 0 Å². The Labute approximate surface area is 132 Å². The van der Waals surface area contributed by atoms with E-state index in [0.717, 1.165) is 5.56 Å². The topological polar surface area (TPSA) is 67.9 Å². The molecule has 6 nitrogen and oxygen atoms in total. The molecule has 3 atom stereocenters. The minimum absolute atomic E-state index is 0.109. The third-order valence-electron chi connectivity index (χ3n) is 3.66. The van der Waals surface area contributed by atoms with Crippen molar-refractivity contribution < 1.29 is 17.9 Å². The maximum atomic E-state index is 12.6. The van der Waals surface area contributed by atoms with E-state index in [-0.39, 0.29) is 18.2 Å². The zero-order valence-corrected chi connectivity index (χ0v) is 14.3. The van der Waals surface area contributed by atoms with E-state index >= 15 is 0 Å². The number of benzene rings is 1. The van der Waals surface area contributed by atoms with Gasteiger partial charge in [-0.3, -0.25) is 0 Å². The molecule has 1 aromatic carbocycles. The van der Waals surface area contributed by atoms with Gasteiger partial charge in [0.1, 0.15) is 5.75 Å². The molecule has 0 saturated carbocycles. The second kappa shape index (κ2) is 6.95. The highest BCUT2D eigenvalue weighted by Crippen LogP contribution is 2.25. The summed E-state index contributed by atoms with van der Waals surface area (Å²) < 4.78 is 40.2. The Kier molecular flexibility index (Phi) is 5.44. The van der Waals surface area contributed by atoms with Gasteiger partial charge in [0.25, 0.3) is 10.2 Å². The molecule has 1 aromatic rings. The van der Waals surface area contributed by atoms with E-state index in [2.05, 4.69) is 4.72 Å². The van der Waals surface area contributed by atoms with Crippen molar-refractivity contribution in [2.45, 2.75) is 39.0 Å². The molecule has 1 aliphatic heterocycles. The standard InChI is InChI=1S/C15H24N2O4S/c1-11-9-17(10-12(2)21-11)22(18,19)16-13(3)14-7-5-6-8-15(14)20-4/h5-8,11-13,16H,9-10H2,1-4H3/t11-,12+,13-/m0/s1. The van der Waals surface area contributed by atoms with E-state index in [1.165, 1.54) is 4.31 Å². The lowest BCUT2D eigenvalue weighted by Gasteiger charge is -2.35. The Hall–Kier alpha value is -1.15. The van der Waals surface area contributed by atoms with Crippen LogP contribution in [0.3, 0.4) is 0 Å². The number of ether oxygens (including phenoxy) is 2. The second-order valence-electron chi connectivity index (χ2n) is 5.66. The first-order chi connectivity index (χ1) is 10.3. The molecule has 2 rings (SSSR count). The van der Waals surface area contributed by atoms with Crippen LogP contribution in [0, 0.1) is 0 Å². The van der Waals surface area contributed by atoms with Crippen molar-refractivity contribution in [2.75, 3.05) is 20.2 Å². The number of hydrogen-bond donors (Lipinski definition) is 1. The molecule has 0 aliphatic carbocycles. The fourth-order valence-corrected chi connectivity index (χ4v) is 4.25. The molecule has 1 saturated heterocycles. The van der Waals surface area contributed by atoms with Crippen molar-refractivity contribution >= 4 is 10.2 Å². The number of methoxy groups -OCH3 is 1. The van der Waals surface area contributed by atoms with Crippen molar-refractivity contribution in [3.8, 4) is 5.75 Å². The summed E-state index contributed by atoms with van der Waals surface area (Å²) >= 11 is 0. The maximum Gasteiger partial charge on any atom is 0.280 e. The second-order valence-corrected chi connectivity index (χ2v) is 7.36. The number of nitrogens with one attached hydrogen (secondary N) is 1. The van der Waals surface area contributed by atoms with Crippen LogP contribution in [0.5, 0.6) is 5.75 Å². The van der Waals surface area contributed by atoms with Crippen molar-refractivity contribution in [3.05, 3.63) is 29.8 Å². The molecule has 0 bridgehead atoms. The van der Waals surface area contributed by atoms with Gasteiger partial charge in [-0.05, 0) is 26.8 Å². The van der Waals surface area contributed by atoms with Crippen molar-refractivity contribution in [3.63, 3.8) is 0 Å². The van der Waals surface area contributed by atoms with Crippen LogP contribution in [-0.2, 0) is 14.9 Å². The Balaban J connectivity index is 2.14. The van der Waals surface area contributed by atoms with E-state index in [0.29, 0.717) is 18.8 Å². The number of nitrogens with zero attached hydrogens (tertiary/aromatic N) is 1. The minimum atomic E-state index is -3.57. The van der Waals surface area contributed by atoms with Crippen LogP contribution in [0.15, 0.2) is 24.3 Å². The fourth-order valence-electron chi connectivity index (χ4n) is 2.71. The normalized spacial score (nSPS) is 24.9. The highest BCUT2D eigenvalue weighted by molar-refractivity contribution is 7.87. The summed E-state index contributed by atoms with van der Waals surface area (Å²) in [4.78, 5) is 0. The quantitative estimate of drug-likeness (QED) is 0.893. The predicted molar refractivity (Wildman–Crippen MR) is 85.0 cm³/mol. The van der Waals surface area contributed by atoms with Crippen LogP contribution >= 0.6 is 0 Å². The number of morpholine rings is 1. The molecule has 0 unspecified atom stereocenters. The van der Waals surface area contributed by atoms with Crippen LogP contribution in [-0.4, -0.2) is 45.1 Å². The molecule has 0 radical (unpaired) electrons. The minimum Gasteiger partial charge on any atom is -0.496 e. The fraction of sp³-hybridized carbons (Fsp3) is 0.600. The molecular formula is C15H24N2O4S. The molecule has 0 amide bonds. The summed E-state index contributed by atoms with van der Waals surface area (Å²) in [5.74, 6) is 0.668. The SMILES string of the molecule is COc1ccccc1[C@H](C)NS(=O)(=O)N1C[C@@H](C)O[C@@H](C)C1. The largest absolute Gasteiger partial charge is 0.496 e. The molecule has 1 fully saturated rings. The highest BCUT2D eigenvalue weighted by Gasteiger charge is 2.32. The first kappa shape index (κ1) is 17.2. The highest BCUT2D eigenvalue weighted by atomic mass is 32.2. The van der Waals surface area contributed by atoms with Crippen LogP contribution in [0.25, 0.3) is 0 Å². The summed E-state index contributed by atoms with van der Waals surface area (Å²) in [5.41, 5.74) is 0.808. The summed E-state index contributed by atoms with van der Waals surface area (Å²) in [6.45, 7) is 6.28. The average molecular weight is 328 g/mol. The Morgan fingerprint density at radius 3 is 2.45 bits per heavy atom. The van der Waals surface area contributed by atoms with Gasteiger partial charge >= 0.3 is 0 Å². The van der Waals surface area contributed by atoms with Gasteiger partial charge in [0.05, 0.1) is 19.3 Å². The lowest BCUT2D eigenvalue weighted by atomic mass is 10.1. The zero-order valence-electron chi connectivity index (χ0n) is 13.4. The van der Waals surface area contributed by atoms with E-state index in [1.54, 1.807) is 7.11 Å². The molecular weight excluding hydrogens is 304 g/mol. The van der Waals surface area contributed by atoms with Crippen LogP contribution < -0.4 is 9.46 Å². The van der Waals surface area contributed by atoms with E-state index in [1.807, 2.05) is 45.0 Å². The Morgan fingerprint density at radius 1 is 1.27 bits per heavy atom. The molecule has 22 heavy (non-hydrogen) atoms. The van der Waals surface area contributed by atoms with Gasteiger partial charge < -0.3 is 9.47 Å². The smallest absolute Gasteiger partial charge is 0.280 e. The van der Waals surface area contributed by atoms with Gasteiger partial charge in [0.2, 0.25) is 0 Å². The first-order valence-electron chi connectivity index (χ1n) is 7.39. The van der Waals surface area contributed by atoms with Crippen molar-refractivity contribution in [1.82, 2.24) is 9.03 Å². The molecule has 1 heterocycles. The summed E-state index contributed by atoms with van der Waals surface area (Å²) in [6, 6.07) is 7.01. The van der Waals surface area contributed by atoms with Gasteiger partial charge in [-0.1, -0.05) is 18.2 Å². The summed E-state index contributed by atoms with van der Waals surface area (Å²) in [6.07, 6.45) is -0.219. The van der Waals surface area contributed by atoms with Gasteiger partial charge in [0.15, 0.2) is 0 Å². The third kappa shape index (κ3) is 3.98. The van der Waals surface area contributed by atoms with Crippen molar-refractivity contribution in [2.24, 2.45) is 0 Å². The number of rotatable bonds is 5. The van der Waals surface area contributed by atoms with E-state index in [9.17, 15) is 8.42 Å². The Morgan fingerprint density at radius 2 is 1.86 bits per heavy atom. The predicted octanol–water partition coefficient (Wildman–Crippen LogP) is 1.70. The van der Waals surface area contributed by atoms with Gasteiger partial charge in [0, 0.05) is 24.7 Å². The number of para-hydroxylation sites is 1. The monoisotopic (exact) mass is 328 g/mol. The van der Waals surface area contributed by atoms with Gasteiger partial charge in [-0.2, -0.15) is 17.4 Å². The lowest BCUT2D eigenvalue weighted by Crippen LogP contribution is -2.52. The lowest BCUT2D eigenvalue weighted by molar-refractivity contribution is -0.0444. The molecule has 1 aliphatic rings. The van der Waals surface area contributed by atoms with E-state index < -0.39 is 10.2 Å². The number of hydrogen-bond acceptors (Lipinski definition) is 4. The first-order valence-corrected chi connectivity index (χ1v) is 8.83. The summed E-state index contributed by atoms with van der Waals surface area (Å²) in [7, 11) is -2.00. The molecule has 1 N–H and O–H groups in total. The zero-order chi connectivity index (χ0) is 16.3. The maximum absolute atomic E-state index is 12.6. The van der Waals surface area contributed by atoms with Gasteiger partial charge in [-0.15, -0.1) is 0 Å². The van der Waals surface area contributed by atoms with Crippen LogP contribution in [0.4, 0.5) is 0 Å².